The van der Waals surface area contributed by atoms with Crippen LogP contribution in [0.3, 0.4) is 0 Å². The lowest BCUT2D eigenvalue weighted by Gasteiger charge is -2.35. The molecule has 0 spiro atoms. The van der Waals surface area contributed by atoms with Gasteiger partial charge in [0, 0.05) is 6.54 Å². The summed E-state index contributed by atoms with van der Waals surface area (Å²) in [5.74, 6) is -23.1. The number of aliphatic hydroxyl groups is 3. The zero-order valence-electron chi connectivity index (χ0n) is 62.1. The lowest BCUT2D eigenvalue weighted by molar-refractivity contribution is -0.208. The summed E-state index contributed by atoms with van der Waals surface area (Å²) >= 11 is 0. The molecule has 105 heavy (non-hydrogen) atoms. The molecule has 1 aliphatic rings. The molecule has 20 N–H and O–H groups in total. The van der Waals surface area contributed by atoms with Gasteiger partial charge in [0.05, 0.1) is 19.3 Å². The van der Waals surface area contributed by atoms with Crippen LogP contribution < -0.4 is 75.3 Å². The number of rotatable bonds is 23. The maximum atomic E-state index is 15.9. The fourth-order valence-electron chi connectivity index (χ4n) is 10.4. The first-order valence-corrected chi connectivity index (χ1v) is 34.2. The number of aliphatic hydroxyl groups excluding tert-OH is 3. The number of amides is 12. The number of hydrogen-bond acceptors (Lipinski definition) is 21. The largest absolute Gasteiger partial charge is 0.490 e. The summed E-state index contributed by atoms with van der Waals surface area (Å²) in [7, 11) is 0. The second kappa shape index (κ2) is 40.7. The zero-order valence-corrected chi connectivity index (χ0v) is 62.1. The molecule has 592 valence electrons. The van der Waals surface area contributed by atoms with E-state index in [2.05, 4.69) is 53.2 Å². The molecular formula is C67H108F3N15O20. The lowest BCUT2D eigenvalue weighted by atomic mass is 9.86. The fourth-order valence-corrected chi connectivity index (χ4v) is 10.4. The number of guanidine groups is 1. The number of cyclic esters (lactones) is 1. The molecule has 1 aromatic rings. The van der Waals surface area contributed by atoms with E-state index in [4.69, 9.17) is 31.1 Å². The van der Waals surface area contributed by atoms with Gasteiger partial charge in [0.15, 0.2) is 24.2 Å². The first-order valence-electron chi connectivity index (χ1n) is 34.2. The van der Waals surface area contributed by atoms with E-state index in [1.807, 2.05) is 10.6 Å². The third kappa shape index (κ3) is 31.8. The normalized spacial score (nSPS) is 23.3. The van der Waals surface area contributed by atoms with Crippen LogP contribution in [0.4, 0.5) is 18.0 Å². The summed E-state index contributed by atoms with van der Waals surface area (Å²) in [6.45, 7) is 21.6. The SMILES string of the molecule is CC[C@H](C)[C@@H]1NC(=O)[C@@H](CCCNC(=N)N)NC(=O)[C@H](CC(C)C)NC(=O)[C@H]([C@H](OC(=O)C(F)(F)F)C(C)C)NC(=O)[C@@H](NC(=O)[C@H](CC(C)(C)C)NC(=O)[C@@H](CC(C)(C)C)NC(=O)OC(C)(C)C)[C@@H](c2ccccc2)OC(=O)[C@H](CO)NC(=O)[C@H]([C@H](O)C(N)=O)NC(=O)CNC(=O)[C@H]([C@H](C)O)NC1=O. The Morgan fingerprint density at radius 1 is 0.657 bits per heavy atom. The number of benzene rings is 1. The predicted octanol–water partition coefficient (Wildman–Crippen LogP) is -1.77. The number of alkyl carbamates (subject to hydrolysis) is 1. The molecule has 1 heterocycles. The molecule has 0 unspecified atom stereocenters. The highest BCUT2D eigenvalue weighted by atomic mass is 19.4. The molecule has 38 heteroatoms. The van der Waals surface area contributed by atoms with E-state index in [-0.39, 0.29) is 50.6 Å². The van der Waals surface area contributed by atoms with Gasteiger partial charge in [-0.1, -0.05) is 120 Å². The van der Waals surface area contributed by atoms with E-state index in [0.717, 1.165) is 20.8 Å². The van der Waals surface area contributed by atoms with Crippen molar-refractivity contribution in [3.8, 4) is 0 Å². The van der Waals surface area contributed by atoms with Crippen molar-refractivity contribution in [2.45, 2.75) is 246 Å². The Morgan fingerprint density at radius 3 is 1.67 bits per heavy atom. The van der Waals surface area contributed by atoms with Crippen LogP contribution in [-0.2, 0) is 76.5 Å². The van der Waals surface area contributed by atoms with Crippen LogP contribution in [0.2, 0.25) is 0 Å². The summed E-state index contributed by atoms with van der Waals surface area (Å²) in [6.07, 6.45) is -17.1. The standard InChI is InChI=1S/C67H108F3N15O20/c1-17-33(6)42-56(96)83-43(34(7)87)55(95)75-29-41(88)81-44(47(89)50(71)90)57(97)79-40(30-86)60(100)103-49(35-22-19-18-20-23-35)46(84-54(94)38(27-64(8,9)10)78-53(93)39(28-65(11,12)13)80-63(102)105-66(14,15)16)59(99)85-45(48(32(4)5)104-61(101)67(68,69)70)58(98)77-37(26-31(2)3)52(92)76-36(51(91)82-42)24-21-25-74-62(72)73/h18-20,22-23,31-34,36-40,42-49,86-87,89H,17,21,24-30H2,1-16H3,(H2,71,90)(H,75,95)(H,76,92)(H,77,98)(H,78,93)(H,79,97)(H,80,102)(H,81,88)(H,82,91)(H,83,96)(H,84,94)(H,85,99)(H4,72,73,74)/t33-,34-,36+,37-,38-,39+,40-,42-,43-,44-,45-,46-,47-,48+,49+/m0/s1. The molecule has 0 saturated carbocycles. The molecule has 1 aliphatic heterocycles. The third-order valence-electron chi connectivity index (χ3n) is 15.8. The quantitative estimate of drug-likeness (QED) is 0.0190. The van der Waals surface area contributed by atoms with Crippen LogP contribution >= 0.6 is 0 Å². The first-order chi connectivity index (χ1) is 48.3. The van der Waals surface area contributed by atoms with Gasteiger partial charge in [0.25, 0.3) is 0 Å². The molecule has 2 rings (SSSR count). The van der Waals surface area contributed by atoms with Gasteiger partial charge in [-0.15, -0.1) is 0 Å². The van der Waals surface area contributed by atoms with E-state index in [9.17, 15) is 81.2 Å². The minimum atomic E-state index is -5.79. The average molecular weight is 1500 g/mol. The van der Waals surface area contributed by atoms with E-state index in [0.29, 0.717) is 0 Å². The Kier molecular flexibility index (Phi) is 35.5. The molecule has 1 aromatic carbocycles. The molecular weight excluding hydrogens is 1390 g/mol. The van der Waals surface area contributed by atoms with Crippen molar-refractivity contribution in [3.05, 3.63) is 35.9 Å². The summed E-state index contributed by atoms with van der Waals surface area (Å²) in [5, 5.41) is 68.2. The number of ether oxygens (including phenoxy) is 3. The van der Waals surface area contributed by atoms with Gasteiger partial charge >= 0.3 is 24.2 Å². The monoisotopic (exact) mass is 1500 g/mol. The Morgan fingerprint density at radius 2 is 1.17 bits per heavy atom. The minimum Gasteiger partial charge on any atom is -0.453 e. The highest BCUT2D eigenvalue weighted by Crippen LogP contribution is 2.29. The second-order valence-electron chi connectivity index (χ2n) is 29.8. The van der Waals surface area contributed by atoms with Crippen LogP contribution in [0.1, 0.15) is 161 Å². The second-order valence-corrected chi connectivity index (χ2v) is 29.8. The van der Waals surface area contributed by atoms with Gasteiger partial charge in [0.1, 0.15) is 66.1 Å². The highest BCUT2D eigenvalue weighted by Gasteiger charge is 2.49. The van der Waals surface area contributed by atoms with Gasteiger partial charge in [-0.25, -0.2) is 14.4 Å². The summed E-state index contributed by atoms with van der Waals surface area (Å²) in [5.41, 5.74) is 7.83. The Balaban J connectivity index is 3.37. The average Bonchev–Trinajstić information content (AvgIpc) is 0.807. The predicted molar refractivity (Wildman–Crippen MR) is 370 cm³/mol. The molecule has 0 radical (unpaired) electrons. The number of carbonyl (C=O) groups excluding carboxylic acids is 14. The van der Waals surface area contributed by atoms with E-state index >= 15 is 14.4 Å². The Bertz CT molecular complexity index is 3210. The third-order valence-corrected chi connectivity index (χ3v) is 15.8. The van der Waals surface area contributed by atoms with Crippen molar-refractivity contribution in [3.63, 3.8) is 0 Å². The van der Waals surface area contributed by atoms with Crippen LogP contribution in [0, 0.1) is 34.0 Å². The molecule has 1 saturated heterocycles. The summed E-state index contributed by atoms with van der Waals surface area (Å²) in [6, 6.07) is -14.0. The first kappa shape index (κ1) is 91.6. The van der Waals surface area contributed by atoms with Crippen LogP contribution in [0.15, 0.2) is 30.3 Å². The maximum absolute atomic E-state index is 15.9. The number of nitrogens with one attached hydrogen (secondary N) is 13. The van der Waals surface area contributed by atoms with Crippen molar-refractivity contribution in [2.24, 2.45) is 40.1 Å². The summed E-state index contributed by atoms with van der Waals surface area (Å²) in [4.78, 5) is 200. The van der Waals surface area contributed by atoms with Crippen molar-refractivity contribution < 1.29 is 110 Å². The fraction of sp³-hybridized carbons (Fsp3) is 0.687. The smallest absolute Gasteiger partial charge is 0.453 e. The molecule has 0 aromatic heterocycles. The Labute approximate surface area is 607 Å². The molecule has 12 amide bonds. The van der Waals surface area contributed by atoms with Crippen molar-refractivity contribution in [1.29, 1.82) is 5.41 Å². The van der Waals surface area contributed by atoms with Gasteiger partial charge in [-0.05, 0) is 93.9 Å². The van der Waals surface area contributed by atoms with Gasteiger partial charge in [0.2, 0.25) is 65.0 Å². The molecule has 15 atom stereocenters. The van der Waals surface area contributed by atoms with Crippen LogP contribution in [0.25, 0.3) is 0 Å². The highest BCUT2D eigenvalue weighted by molar-refractivity contribution is 6.00. The van der Waals surface area contributed by atoms with Crippen molar-refractivity contribution in [1.82, 2.24) is 63.8 Å². The van der Waals surface area contributed by atoms with Gasteiger partial charge < -0.3 is 105 Å². The zero-order chi connectivity index (χ0) is 80.6. The van der Waals surface area contributed by atoms with Crippen LogP contribution in [-0.4, -0.2) is 214 Å². The van der Waals surface area contributed by atoms with E-state index in [1.54, 1.807) is 83.1 Å². The summed E-state index contributed by atoms with van der Waals surface area (Å²) < 4.78 is 59.6. The number of carbonyl (C=O) groups is 14. The number of hydrogen-bond donors (Lipinski definition) is 18. The lowest BCUT2D eigenvalue weighted by Crippen LogP contribution is -2.65. The minimum absolute atomic E-state index is 0.0666. The number of esters is 2. The number of primary amides is 1. The molecule has 1 fully saturated rings. The molecule has 0 aliphatic carbocycles. The molecule has 0 bridgehead atoms. The van der Waals surface area contributed by atoms with E-state index in [1.165, 1.54) is 37.3 Å². The van der Waals surface area contributed by atoms with Crippen LogP contribution in [0.5, 0.6) is 0 Å². The van der Waals surface area contributed by atoms with Gasteiger partial charge in [-0.2, -0.15) is 13.2 Å². The Hall–Kier alpha value is -9.46. The van der Waals surface area contributed by atoms with Crippen molar-refractivity contribution >= 4 is 89.0 Å². The topological polar surface area (TPSA) is 548 Å². The number of alkyl halides is 3. The number of nitrogens with two attached hydrogens (primary N) is 2. The maximum Gasteiger partial charge on any atom is 0.490 e. The number of halogens is 3. The van der Waals surface area contributed by atoms with Crippen molar-refractivity contribution in [2.75, 3.05) is 19.7 Å². The van der Waals surface area contributed by atoms with E-state index < -0.39 is 227 Å². The van der Waals surface area contributed by atoms with Gasteiger partial charge in [-0.3, -0.25) is 58.1 Å². The molecule has 35 nitrogen and oxygen atoms in total.